The summed E-state index contributed by atoms with van der Waals surface area (Å²) in [6.07, 6.45) is 7.65. The van der Waals surface area contributed by atoms with E-state index < -0.39 is 10.7 Å². The number of fused-ring (bicyclic) bond motifs is 1. The molecular formula is C23H22FN9O2S. The molecule has 0 amide bonds. The largest absolute Gasteiger partial charge is 0.482 e. The SMILES string of the molecule is CN=C(N)S[C@@](C)(CC#N)Cc1cc(Nc2ncnc3cc(OCc4ncco4)cnc23)cnc1F. The number of anilines is 2. The molecule has 0 saturated carbocycles. The summed E-state index contributed by atoms with van der Waals surface area (Å²) >= 11 is 1.23. The number of halogens is 1. The summed E-state index contributed by atoms with van der Waals surface area (Å²) < 4.78 is 24.7. The fourth-order valence-corrected chi connectivity index (χ4v) is 4.35. The smallest absolute Gasteiger partial charge is 0.232 e. The second kappa shape index (κ2) is 11.0. The minimum atomic E-state index is -0.690. The molecular weight excluding hydrogens is 485 g/mol. The van der Waals surface area contributed by atoms with E-state index in [0.29, 0.717) is 44.9 Å². The maximum Gasteiger partial charge on any atom is 0.232 e. The van der Waals surface area contributed by atoms with E-state index >= 15 is 0 Å². The van der Waals surface area contributed by atoms with Crippen LogP contribution in [0.25, 0.3) is 11.0 Å². The molecule has 13 heteroatoms. The van der Waals surface area contributed by atoms with E-state index in [2.05, 4.69) is 41.3 Å². The van der Waals surface area contributed by atoms with Gasteiger partial charge in [0.25, 0.3) is 0 Å². The van der Waals surface area contributed by atoms with Gasteiger partial charge in [-0.05, 0) is 19.4 Å². The van der Waals surface area contributed by atoms with E-state index in [-0.39, 0.29) is 19.4 Å². The quantitative estimate of drug-likeness (QED) is 0.193. The van der Waals surface area contributed by atoms with Crippen molar-refractivity contribution in [2.24, 2.45) is 10.7 Å². The number of hydrogen-bond acceptors (Lipinski definition) is 11. The second-order valence-corrected chi connectivity index (χ2v) is 9.51. The van der Waals surface area contributed by atoms with Crippen LogP contribution in [0.3, 0.4) is 0 Å². The van der Waals surface area contributed by atoms with Crippen LogP contribution >= 0.6 is 11.8 Å². The van der Waals surface area contributed by atoms with Gasteiger partial charge in [0.05, 0.1) is 42.3 Å². The number of aliphatic imine (C=N–C) groups is 1. The number of nitrogens with one attached hydrogen (secondary N) is 1. The lowest BCUT2D eigenvalue weighted by molar-refractivity contribution is 0.262. The number of aromatic nitrogens is 5. The van der Waals surface area contributed by atoms with Gasteiger partial charge >= 0.3 is 0 Å². The van der Waals surface area contributed by atoms with Crippen LogP contribution in [0.5, 0.6) is 5.75 Å². The van der Waals surface area contributed by atoms with Gasteiger partial charge in [-0.15, -0.1) is 0 Å². The van der Waals surface area contributed by atoms with Crippen molar-refractivity contribution in [1.82, 2.24) is 24.9 Å². The van der Waals surface area contributed by atoms with Gasteiger partial charge in [-0.2, -0.15) is 9.65 Å². The molecule has 3 N–H and O–H groups in total. The first-order valence-electron chi connectivity index (χ1n) is 10.7. The number of ether oxygens (including phenoxy) is 1. The lowest BCUT2D eigenvalue weighted by Crippen LogP contribution is -2.28. The van der Waals surface area contributed by atoms with Crippen molar-refractivity contribution in [2.45, 2.75) is 31.1 Å². The molecule has 4 aromatic heterocycles. The van der Waals surface area contributed by atoms with Crippen molar-refractivity contribution in [2.75, 3.05) is 12.4 Å². The highest BCUT2D eigenvalue weighted by Crippen LogP contribution is 2.34. The molecule has 4 aromatic rings. The number of hydrogen-bond donors (Lipinski definition) is 2. The monoisotopic (exact) mass is 507 g/mol. The first kappa shape index (κ1) is 24.8. The van der Waals surface area contributed by atoms with E-state index in [4.69, 9.17) is 14.9 Å². The van der Waals surface area contributed by atoms with Crippen LogP contribution in [-0.2, 0) is 13.0 Å². The fourth-order valence-electron chi connectivity index (χ4n) is 3.39. The van der Waals surface area contributed by atoms with Crippen LogP contribution in [0.1, 0.15) is 24.8 Å². The van der Waals surface area contributed by atoms with E-state index in [1.807, 2.05) is 6.92 Å². The second-order valence-electron chi connectivity index (χ2n) is 7.90. The van der Waals surface area contributed by atoms with Gasteiger partial charge in [-0.3, -0.25) is 4.99 Å². The highest BCUT2D eigenvalue weighted by atomic mass is 32.2. The number of nitriles is 1. The van der Waals surface area contributed by atoms with Gasteiger partial charge in [0.2, 0.25) is 11.8 Å². The number of oxazole rings is 1. The normalized spacial score (nSPS) is 13.2. The van der Waals surface area contributed by atoms with E-state index in [0.717, 1.165) is 0 Å². The average molecular weight is 508 g/mol. The van der Waals surface area contributed by atoms with Crippen LogP contribution in [0.2, 0.25) is 0 Å². The molecule has 1 atom stereocenters. The molecule has 0 aromatic carbocycles. The molecule has 11 nitrogen and oxygen atoms in total. The van der Waals surface area contributed by atoms with Gasteiger partial charge in [-0.25, -0.2) is 24.9 Å². The molecule has 0 aliphatic heterocycles. The number of rotatable bonds is 9. The summed E-state index contributed by atoms with van der Waals surface area (Å²) in [5, 5.41) is 12.7. The summed E-state index contributed by atoms with van der Waals surface area (Å²) in [5.41, 5.74) is 7.72. The van der Waals surface area contributed by atoms with Crippen molar-refractivity contribution in [3.63, 3.8) is 0 Å². The number of nitrogens with zero attached hydrogens (tertiary/aromatic N) is 7. The Balaban J connectivity index is 1.55. The Morgan fingerprint density at radius 2 is 2.14 bits per heavy atom. The van der Waals surface area contributed by atoms with E-state index in [1.165, 1.54) is 36.7 Å². The molecule has 4 rings (SSSR count). The van der Waals surface area contributed by atoms with Gasteiger partial charge in [-0.1, -0.05) is 11.8 Å². The Kier molecular flexibility index (Phi) is 7.55. The Labute approximate surface area is 210 Å². The van der Waals surface area contributed by atoms with Crippen molar-refractivity contribution < 1.29 is 13.5 Å². The zero-order chi connectivity index (χ0) is 25.5. The van der Waals surface area contributed by atoms with Crippen LogP contribution in [0.15, 0.2) is 52.7 Å². The average Bonchev–Trinajstić information content (AvgIpc) is 3.38. The Morgan fingerprint density at radius 3 is 2.89 bits per heavy atom. The lowest BCUT2D eigenvalue weighted by atomic mass is 9.98. The van der Waals surface area contributed by atoms with Gasteiger partial charge in [0.15, 0.2) is 17.6 Å². The van der Waals surface area contributed by atoms with Gasteiger partial charge in [0, 0.05) is 23.4 Å². The summed E-state index contributed by atoms with van der Waals surface area (Å²) in [7, 11) is 1.56. The minimum absolute atomic E-state index is 0.145. The fraction of sp³-hybridized carbons (Fsp3) is 0.261. The van der Waals surface area contributed by atoms with Gasteiger partial charge in [0.1, 0.15) is 23.9 Å². The Hall–Kier alpha value is -4.31. The maximum atomic E-state index is 14.6. The Bertz CT molecular complexity index is 1430. The highest BCUT2D eigenvalue weighted by molar-refractivity contribution is 8.14. The van der Waals surface area contributed by atoms with Crippen molar-refractivity contribution in [3.05, 3.63) is 60.7 Å². The topological polar surface area (TPSA) is 161 Å². The predicted octanol–water partition coefficient (Wildman–Crippen LogP) is 3.76. The van der Waals surface area contributed by atoms with E-state index in [9.17, 15) is 9.65 Å². The third kappa shape index (κ3) is 6.02. The number of amidine groups is 1. The first-order valence-corrected chi connectivity index (χ1v) is 11.5. The van der Waals surface area contributed by atoms with Crippen molar-refractivity contribution in [3.8, 4) is 11.8 Å². The molecule has 0 radical (unpaired) electrons. The lowest BCUT2D eigenvalue weighted by Gasteiger charge is -2.26. The van der Waals surface area contributed by atoms with Crippen LogP contribution in [-0.4, -0.2) is 41.9 Å². The highest BCUT2D eigenvalue weighted by Gasteiger charge is 2.29. The summed E-state index contributed by atoms with van der Waals surface area (Å²) in [6.45, 7) is 1.99. The van der Waals surface area contributed by atoms with E-state index in [1.54, 1.807) is 25.4 Å². The summed E-state index contributed by atoms with van der Waals surface area (Å²) in [6, 6.07) is 5.48. The van der Waals surface area contributed by atoms with Crippen molar-refractivity contribution >= 4 is 39.5 Å². The van der Waals surface area contributed by atoms with Gasteiger partial charge < -0.3 is 20.2 Å². The van der Waals surface area contributed by atoms with Crippen molar-refractivity contribution in [1.29, 1.82) is 5.26 Å². The predicted molar refractivity (Wildman–Crippen MR) is 133 cm³/mol. The third-order valence-corrected chi connectivity index (χ3v) is 6.23. The third-order valence-electron chi connectivity index (χ3n) is 5.06. The maximum absolute atomic E-state index is 14.6. The molecule has 0 fully saturated rings. The Morgan fingerprint density at radius 1 is 1.28 bits per heavy atom. The molecule has 0 unspecified atom stereocenters. The zero-order valence-corrected chi connectivity index (χ0v) is 20.3. The summed E-state index contributed by atoms with van der Waals surface area (Å²) in [5.74, 6) is 0.708. The molecule has 36 heavy (non-hydrogen) atoms. The molecule has 184 valence electrons. The molecule has 4 heterocycles. The molecule has 0 saturated heterocycles. The van der Waals surface area contributed by atoms with Crippen LogP contribution in [0, 0.1) is 17.3 Å². The molecule has 0 bridgehead atoms. The minimum Gasteiger partial charge on any atom is -0.482 e. The number of pyridine rings is 2. The van der Waals surface area contributed by atoms with Crippen LogP contribution < -0.4 is 15.8 Å². The molecule has 0 aliphatic rings. The molecule has 0 spiro atoms. The number of thioether (sulfide) groups is 1. The first-order chi connectivity index (χ1) is 17.4. The zero-order valence-electron chi connectivity index (χ0n) is 19.5. The number of nitrogens with two attached hydrogens (primary N) is 1. The molecule has 0 aliphatic carbocycles. The van der Waals surface area contributed by atoms with Crippen LogP contribution in [0.4, 0.5) is 15.9 Å². The summed E-state index contributed by atoms with van der Waals surface area (Å²) in [4.78, 5) is 24.8. The standard InChI is InChI=1S/C23H22FN9O2S/c1-23(3-4-25,36-22(26)27-2)9-14-7-15(10-30-20(14)24)33-21-19-17(31-13-32-21)8-16(11-29-19)35-12-18-28-5-6-34-18/h5-8,10-11,13H,3,9,12H2,1-2H3,(H2,26,27)(H,31,32,33)/t23-/m0/s1.